The molecule has 1 aromatic carbocycles. The quantitative estimate of drug-likeness (QED) is 0.564. The van der Waals surface area contributed by atoms with Crippen LogP contribution in [0, 0.1) is 0 Å². The highest BCUT2D eigenvalue weighted by molar-refractivity contribution is 7.85. The van der Waals surface area contributed by atoms with E-state index in [-0.39, 0.29) is 0 Å². The van der Waals surface area contributed by atoms with Crippen molar-refractivity contribution in [2.45, 2.75) is 6.04 Å². The molecule has 1 rings (SSSR count). The summed E-state index contributed by atoms with van der Waals surface area (Å²) < 4.78 is 30.1. The number of nitrogens with one attached hydrogen (secondary N) is 1. The molecular formula is C9H11NO4S. The number of amides is 1. The van der Waals surface area contributed by atoms with Crippen LogP contribution in [0.2, 0.25) is 0 Å². The molecule has 0 saturated carbocycles. The van der Waals surface area contributed by atoms with E-state index in [1.807, 2.05) is 0 Å². The van der Waals surface area contributed by atoms with Gasteiger partial charge in [-0.05, 0) is 5.56 Å². The molecule has 0 aliphatic rings. The lowest BCUT2D eigenvalue weighted by molar-refractivity contribution is -0.110. The predicted octanol–water partition coefficient (Wildman–Crippen LogP) is 0.361. The van der Waals surface area contributed by atoms with Crippen molar-refractivity contribution in [2.75, 3.05) is 5.75 Å². The average Bonchev–Trinajstić information content (AvgIpc) is 2.17. The maximum absolute atomic E-state index is 10.7. The molecule has 1 aromatic rings. The minimum Gasteiger partial charge on any atom is -0.351 e. The Kier molecular flexibility index (Phi) is 3.81. The van der Waals surface area contributed by atoms with E-state index < -0.39 is 21.9 Å². The summed E-state index contributed by atoms with van der Waals surface area (Å²) in [7, 11) is -4.12. The number of rotatable bonds is 5. The molecule has 82 valence electrons. The van der Waals surface area contributed by atoms with Crippen LogP contribution in [0.15, 0.2) is 30.3 Å². The second kappa shape index (κ2) is 4.90. The third-order valence-corrected chi connectivity index (χ3v) is 2.60. The number of carbonyl (C=O) groups is 1. The SMILES string of the molecule is O=CNC(CS(=O)(=O)O)c1ccccc1. The van der Waals surface area contributed by atoms with Crippen molar-refractivity contribution in [1.82, 2.24) is 5.32 Å². The van der Waals surface area contributed by atoms with Crippen LogP contribution in [-0.2, 0) is 14.9 Å². The van der Waals surface area contributed by atoms with Gasteiger partial charge in [0.1, 0.15) is 0 Å². The molecule has 0 aliphatic heterocycles. The largest absolute Gasteiger partial charge is 0.351 e. The number of hydrogen-bond acceptors (Lipinski definition) is 3. The first-order valence-corrected chi connectivity index (χ1v) is 5.83. The zero-order chi connectivity index (χ0) is 11.3. The third kappa shape index (κ3) is 4.09. The maximum atomic E-state index is 10.7. The van der Waals surface area contributed by atoms with Crippen LogP contribution in [0.4, 0.5) is 0 Å². The van der Waals surface area contributed by atoms with Gasteiger partial charge < -0.3 is 5.32 Å². The summed E-state index contributed by atoms with van der Waals surface area (Å²) in [6.07, 6.45) is 0.406. The summed E-state index contributed by atoms with van der Waals surface area (Å²) in [5.74, 6) is -0.532. The summed E-state index contributed by atoms with van der Waals surface area (Å²) in [5.41, 5.74) is 0.627. The maximum Gasteiger partial charge on any atom is 0.267 e. The van der Waals surface area contributed by atoms with Crippen molar-refractivity contribution < 1.29 is 17.8 Å². The average molecular weight is 229 g/mol. The fourth-order valence-electron chi connectivity index (χ4n) is 1.22. The van der Waals surface area contributed by atoms with Gasteiger partial charge in [-0.1, -0.05) is 30.3 Å². The molecule has 0 aliphatic carbocycles. The fraction of sp³-hybridized carbons (Fsp3) is 0.222. The van der Waals surface area contributed by atoms with Crippen molar-refractivity contribution in [2.24, 2.45) is 0 Å². The van der Waals surface area contributed by atoms with E-state index in [4.69, 9.17) is 4.55 Å². The number of carbonyl (C=O) groups excluding carboxylic acids is 1. The van der Waals surface area contributed by atoms with Gasteiger partial charge in [0.05, 0.1) is 11.8 Å². The molecule has 1 unspecified atom stereocenters. The topological polar surface area (TPSA) is 83.5 Å². The van der Waals surface area contributed by atoms with Crippen molar-refractivity contribution in [1.29, 1.82) is 0 Å². The summed E-state index contributed by atoms with van der Waals surface area (Å²) in [6.45, 7) is 0. The van der Waals surface area contributed by atoms with E-state index in [1.54, 1.807) is 30.3 Å². The molecule has 5 nitrogen and oxygen atoms in total. The van der Waals surface area contributed by atoms with Crippen LogP contribution >= 0.6 is 0 Å². The van der Waals surface area contributed by atoms with Gasteiger partial charge in [0, 0.05) is 0 Å². The van der Waals surface area contributed by atoms with Gasteiger partial charge in [-0.3, -0.25) is 9.35 Å². The van der Waals surface area contributed by atoms with Crippen molar-refractivity contribution in [3.63, 3.8) is 0 Å². The Morgan fingerprint density at radius 2 is 1.93 bits per heavy atom. The lowest BCUT2D eigenvalue weighted by Gasteiger charge is -2.14. The van der Waals surface area contributed by atoms with E-state index >= 15 is 0 Å². The summed E-state index contributed by atoms with van der Waals surface area (Å²) in [6, 6.07) is 7.84. The van der Waals surface area contributed by atoms with Crippen molar-refractivity contribution >= 4 is 16.5 Å². The summed E-state index contributed by atoms with van der Waals surface area (Å²) in [4.78, 5) is 10.3. The fourth-order valence-corrected chi connectivity index (χ4v) is 1.93. The van der Waals surface area contributed by atoms with E-state index in [9.17, 15) is 13.2 Å². The lowest BCUT2D eigenvalue weighted by atomic mass is 10.1. The van der Waals surface area contributed by atoms with E-state index in [1.165, 1.54) is 0 Å². The molecule has 0 bridgehead atoms. The predicted molar refractivity (Wildman–Crippen MR) is 54.8 cm³/mol. The standard InChI is InChI=1S/C9H11NO4S/c11-7-10-9(6-15(12,13)14)8-4-2-1-3-5-8/h1-5,7,9H,6H2,(H,10,11)(H,12,13,14). The monoisotopic (exact) mass is 229 g/mol. The Hall–Kier alpha value is -1.40. The van der Waals surface area contributed by atoms with Gasteiger partial charge in [-0.25, -0.2) is 0 Å². The van der Waals surface area contributed by atoms with Crippen molar-refractivity contribution in [3.8, 4) is 0 Å². The highest BCUT2D eigenvalue weighted by Crippen LogP contribution is 2.13. The Morgan fingerprint density at radius 1 is 1.33 bits per heavy atom. The molecule has 0 spiro atoms. The second-order valence-corrected chi connectivity index (χ2v) is 4.49. The summed E-state index contributed by atoms with van der Waals surface area (Å²) in [5, 5.41) is 2.34. The normalized spacial score (nSPS) is 13.1. The molecule has 0 fully saturated rings. The molecule has 6 heteroatoms. The molecule has 15 heavy (non-hydrogen) atoms. The van der Waals surface area contributed by atoms with E-state index in [2.05, 4.69) is 5.32 Å². The highest BCUT2D eigenvalue weighted by Gasteiger charge is 2.17. The van der Waals surface area contributed by atoms with Crippen LogP contribution in [0.5, 0.6) is 0 Å². The Labute approximate surface area is 87.9 Å². The summed E-state index contributed by atoms with van der Waals surface area (Å²) >= 11 is 0. The lowest BCUT2D eigenvalue weighted by Crippen LogP contribution is -2.26. The third-order valence-electron chi connectivity index (χ3n) is 1.85. The molecule has 1 atom stereocenters. The van der Waals surface area contributed by atoms with Crippen LogP contribution in [0.1, 0.15) is 11.6 Å². The molecular weight excluding hydrogens is 218 g/mol. The van der Waals surface area contributed by atoms with E-state index in [0.717, 1.165) is 0 Å². The van der Waals surface area contributed by atoms with Gasteiger partial charge in [-0.15, -0.1) is 0 Å². The smallest absolute Gasteiger partial charge is 0.267 e. The van der Waals surface area contributed by atoms with E-state index in [0.29, 0.717) is 12.0 Å². The van der Waals surface area contributed by atoms with Gasteiger partial charge in [0.15, 0.2) is 0 Å². The van der Waals surface area contributed by atoms with Crippen molar-refractivity contribution in [3.05, 3.63) is 35.9 Å². The van der Waals surface area contributed by atoms with Gasteiger partial charge in [-0.2, -0.15) is 8.42 Å². The number of benzene rings is 1. The first-order valence-electron chi connectivity index (χ1n) is 4.23. The molecule has 0 heterocycles. The second-order valence-electron chi connectivity index (χ2n) is 3.00. The zero-order valence-corrected chi connectivity index (χ0v) is 8.65. The van der Waals surface area contributed by atoms with Crippen LogP contribution in [-0.4, -0.2) is 25.1 Å². The zero-order valence-electron chi connectivity index (χ0n) is 7.83. The minimum atomic E-state index is -4.12. The molecule has 0 saturated heterocycles. The number of hydrogen-bond donors (Lipinski definition) is 2. The minimum absolute atomic E-state index is 0.406. The van der Waals surface area contributed by atoms with Crippen LogP contribution in [0.3, 0.4) is 0 Å². The van der Waals surface area contributed by atoms with Crippen LogP contribution in [0.25, 0.3) is 0 Å². The Bertz CT molecular complexity index is 415. The first-order chi connectivity index (χ1) is 7.03. The van der Waals surface area contributed by atoms with Crippen LogP contribution < -0.4 is 5.32 Å². The van der Waals surface area contributed by atoms with Gasteiger partial charge >= 0.3 is 0 Å². The Balaban J connectivity index is 2.88. The highest BCUT2D eigenvalue weighted by atomic mass is 32.2. The molecule has 1 amide bonds. The Morgan fingerprint density at radius 3 is 2.40 bits per heavy atom. The molecule has 2 N–H and O–H groups in total. The van der Waals surface area contributed by atoms with Gasteiger partial charge in [0.25, 0.3) is 10.1 Å². The molecule has 0 aromatic heterocycles. The van der Waals surface area contributed by atoms with Gasteiger partial charge in [0.2, 0.25) is 6.41 Å². The molecule has 0 radical (unpaired) electrons. The first kappa shape index (κ1) is 11.7.